The van der Waals surface area contributed by atoms with Crippen LogP contribution in [0.3, 0.4) is 0 Å². The Morgan fingerprint density at radius 3 is 2.31 bits per heavy atom. The van der Waals surface area contributed by atoms with Crippen LogP contribution in [0.5, 0.6) is 5.75 Å². The van der Waals surface area contributed by atoms with Gasteiger partial charge in [-0.1, -0.05) is 6.08 Å². The Bertz CT molecular complexity index is 1830. The van der Waals surface area contributed by atoms with Crippen LogP contribution in [0.25, 0.3) is 10.9 Å². The predicted molar refractivity (Wildman–Crippen MR) is 158 cm³/mol. The van der Waals surface area contributed by atoms with E-state index in [-0.39, 0.29) is 30.1 Å². The second kappa shape index (κ2) is 10.9. The fourth-order valence-electron chi connectivity index (χ4n) is 6.81. The standard InChI is InChI=1S/C32H28F6N4O3/c1-3-17-15-42-9-7-18(17)14-30(42,24-6-8-39-25-5-4-22(45-2)13-23(24)25)16-40-26-27(29(44)28(26)43)41-21-11-19(31(33,34)35)10-20(12-21)32(36,37)38/h3-6,8,10-13,17-18,40-41H,1,7,9,14-16H2,2H3. The molecule has 7 rings (SSSR count). The molecule has 7 nitrogen and oxygen atoms in total. The number of nitrogens with one attached hydrogen (secondary N) is 2. The van der Waals surface area contributed by atoms with Gasteiger partial charge >= 0.3 is 12.4 Å². The Kier molecular flexibility index (Phi) is 7.42. The van der Waals surface area contributed by atoms with Gasteiger partial charge in [0.2, 0.25) is 0 Å². The summed E-state index contributed by atoms with van der Waals surface area (Å²) >= 11 is 0. The van der Waals surface area contributed by atoms with Crippen molar-refractivity contribution in [1.82, 2.24) is 9.88 Å². The van der Waals surface area contributed by atoms with Crippen molar-refractivity contribution in [1.29, 1.82) is 0 Å². The van der Waals surface area contributed by atoms with E-state index in [1.165, 1.54) is 0 Å². The molecule has 1 aromatic heterocycles. The lowest BCUT2D eigenvalue weighted by atomic mass is 9.66. The highest BCUT2D eigenvalue weighted by molar-refractivity contribution is 5.85. The predicted octanol–water partition coefficient (Wildman–Crippen LogP) is 6.46. The third kappa shape index (κ3) is 5.32. The van der Waals surface area contributed by atoms with Gasteiger partial charge in [0.25, 0.3) is 10.9 Å². The normalized spacial score (nSPS) is 23.3. The van der Waals surface area contributed by atoms with Gasteiger partial charge in [-0.2, -0.15) is 26.3 Å². The Morgan fingerprint density at radius 1 is 1.02 bits per heavy atom. The summed E-state index contributed by atoms with van der Waals surface area (Å²) in [5.74, 6) is 1.12. The molecule has 2 N–H and O–H groups in total. The Balaban J connectivity index is 1.39. The summed E-state index contributed by atoms with van der Waals surface area (Å²) in [5.41, 5.74) is -5.36. The van der Waals surface area contributed by atoms with Gasteiger partial charge in [-0.05, 0) is 79.3 Å². The van der Waals surface area contributed by atoms with Gasteiger partial charge in [0.05, 0.1) is 29.3 Å². The molecule has 3 saturated heterocycles. The van der Waals surface area contributed by atoms with Crippen LogP contribution in [0.4, 0.5) is 43.4 Å². The average molecular weight is 631 g/mol. The molecule has 4 unspecified atom stereocenters. The topological polar surface area (TPSA) is 83.6 Å². The molecule has 0 spiro atoms. The van der Waals surface area contributed by atoms with Crippen LogP contribution in [0.15, 0.2) is 70.9 Å². The van der Waals surface area contributed by atoms with Crippen LogP contribution in [-0.4, -0.2) is 36.6 Å². The summed E-state index contributed by atoms with van der Waals surface area (Å²) in [7, 11) is 1.55. The molecule has 4 heterocycles. The van der Waals surface area contributed by atoms with E-state index in [9.17, 15) is 35.9 Å². The molecule has 4 atom stereocenters. The molecule has 0 radical (unpaired) electrons. The minimum Gasteiger partial charge on any atom is -0.497 e. The number of alkyl halides is 6. The number of ether oxygens (including phenoxy) is 1. The van der Waals surface area contributed by atoms with Gasteiger partial charge in [-0.3, -0.25) is 19.5 Å². The van der Waals surface area contributed by atoms with Gasteiger partial charge in [-0.25, -0.2) is 0 Å². The Morgan fingerprint density at radius 2 is 1.71 bits per heavy atom. The number of aromatic nitrogens is 1. The molecule has 3 aromatic carbocycles. The van der Waals surface area contributed by atoms with Crippen molar-refractivity contribution < 1.29 is 31.1 Å². The third-order valence-corrected chi connectivity index (χ3v) is 9.09. The van der Waals surface area contributed by atoms with Crippen molar-refractivity contribution in [3.05, 3.63) is 98.5 Å². The van der Waals surface area contributed by atoms with Crippen molar-refractivity contribution in [2.75, 3.05) is 37.4 Å². The van der Waals surface area contributed by atoms with E-state index in [1.807, 2.05) is 24.3 Å². The van der Waals surface area contributed by atoms with Gasteiger partial charge < -0.3 is 15.4 Å². The van der Waals surface area contributed by atoms with Crippen molar-refractivity contribution in [2.45, 2.75) is 30.7 Å². The molecule has 13 heteroatoms. The Labute approximate surface area is 253 Å². The lowest BCUT2D eigenvalue weighted by Crippen LogP contribution is -2.62. The molecule has 0 amide bonds. The first kappa shape index (κ1) is 30.6. The van der Waals surface area contributed by atoms with E-state index in [2.05, 4.69) is 27.1 Å². The smallest absolute Gasteiger partial charge is 0.416 e. The zero-order chi connectivity index (χ0) is 32.3. The van der Waals surface area contributed by atoms with Crippen LogP contribution >= 0.6 is 0 Å². The number of rotatable bonds is 8. The first-order chi connectivity index (χ1) is 21.2. The number of halogens is 6. The second-order valence-electron chi connectivity index (χ2n) is 11.6. The number of benzene rings is 2. The molecular formula is C32H28F6N4O3. The first-order valence-corrected chi connectivity index (χ1v) is 14.2. The van der Waals surface area contributed by atoms with Crippen LogP contribution in [0.2, 0.25) is 0 Å². The third-order valence-electron chi connectivity index (χ3n) is 9.09. The maximum Gasteiger partial charge on any atom is 0.416 e. The van der Waals surface area contributed by atoms with Crippen molar-refractivity contribution in [3.8, 4) is 5.75 Å². The molecule has 3 aliphatic rings. The summed E-state index contributed by atoms with van der Waals surface area (Å²) < 4.78 is 86.1. The number of nitrogens with zero attached hydrogens (tertiary/aromatic N) is 2. The number of piperidine rings is 3. The number of anilines is 3. The summed E-state index contributed by atoms with van der Waals surface area (Å²) in [4.78, 5) is 32.1. The lowest BCUT2D eigenvalue weighted by Gasteiger charge is -2.57. The zero-order valence-corrected chi connectivity index (χ0v) is 24.0. The minimum atomic E-state index is -5.08. The monoisotopic (exact) mass is 630 g/mol. The van der Waals surface area contributed by atoms with Gasteiger partial charge in [0, 0.05) is 30.4 Å². The van der Waals surface area contributed by atoms with Gasteiger partial charge in [0.15, 0.2) is 0 Å². The fourth-order valence-corrected chi connectivity index (χ4v) is 6.81. The first-order valence-electron chi connectivity index (χ1n) is 14.2. The summed E-state index contributed by atoms with van der Waals surface area (Å²) in [6.45, 7) is 5.55. The highest BCUT2D eigenvalue weighted by Gasteiger charge is 2.51. The minimum absolute atomic E-state index is 0.00661. The highest BCUT2D eigenvalue weighted by Crippen LogP contribution is 2.50. The van der Waals surface area contributed by atoms with E-state index in [1.54, 1.807) is 19.4 Å². The van der Waals surface area contributed by atoms with Crippen LogP contribution in [0.1, 0.15) is 29.5 Å². The van der Waals surface area contributed by atoms with Crippen LogP contribution in [0, 0.1) is 11.8 Å². The molecule has 0 saturated carbocycles. The van der Waals surface area contributed by atoms with Gasteiger partial charge in [-0.15, -0.1) is 6.58 Å². The highest BCUT2D eigenvalue weighted by atomic mass is 19.4. The second-order valence-corrected chi connectivity index (χ2v) is 11.6. The van der Waals surface area contributed by atoms with E-state index < -0.39 is 51.3 Å². The molecule has 3 fully saturated rings. The summed E-state index contributed by atoms with van der Waals surface area (Å²) in [6, 6.07) is 8.34. The van der Waals surface area contributed by atoms with Gasteiger partial charge in [0.1, 0.15) is 17.1 Å². The van der Waals surface area contributed by atoms with Crippen molar-refractivity contribution in [2.24, 2.45) is 11.8 Å². The zero-order valence-electron chi connectivity index (χ0n) is 24.0. The molecule has 4 aromatic rings. The van der Waals surface area contributed by atoms with Crippen LogP contribution in [-0.2, 0) is 17.9 Å². The van der Waals surface area contributed by atoms with E-state index in [0.29, 0.717) is 30.8 Å². The maximum absolute atomic E-state index is 13.4. The molecule has 45 heavy (non-hydrogen) atoms. The summed E-state index contributed by atoms with van der Waals surface area (Å²) in [6.07, 6.45) is -4.94. The maximum atomic E-state index is 13.4. The summed E-state index contributed by atoms with van der Waals surface area (Å²) in [5, 5.41) is 6.25. The molecule has 236 valence electrons. The molecular weight excluding hydrogens is 602 g/mol. The van der Waals surface area contributed by atoms with Crippen LogP contribution < -0.4 is 26.2 Å². The van der Waals surface area contributed by atoms with E-state index in [0.717, 1.165) is 29.4 Å². The quantitative estimate of drug-likeness (QED) is 0.132. The number of hydrogen-bond donors (Lipinski definition) is 2. The van der Waals surface area contributed by atoms with Crippen molar-refractivity contribution in [3.63, 3.8) is 0 Å². The largest absolute Gasteiger partial charge is 0.497 e. The average Bonchev–Trinajstić information content (AvgIpc) is 3.02. The lowest BCUT2D eigenvalue weighted by molar-refractivity contribution is -0.143. The van der Waals surface area contributed by atoms with E-state index >= 15 is 0 Å². The fraction of sp³-hybridized carbons (Fsp3) is 0.344. The number of hydrogen-bond acceptors (Lipinski definition) is 7. The number of methoxy groups -OCH3 is 1. The Hall–Kier alpha value is -4.39. The number of pyridine rings is 1. The number of fused-ring (bicyclic) bond motifs is 4. The van der Waals surface area contributed by atoms with E-state index in [4.69, 9.17) is 4.74 Å². The molecule has 2 bridgehead atoms. The van der Waals surface area contributed by atoms with Crippen molar-refractivity contribution >= 4 is 28.0 Å². The SMILES string of the molecule is C=CC1CN2CCC1CC2(CNc1c(Nc2cc(C(F)(F)F)cc(C(F)(F)F)c2)c(=O)c1=O)c1ccnc2ccc(OC)cc12. The molecule has 3 aliphatic heterocycles. The molecule has 0 aliphatic carbocycles.